The summed E-state index contributed by atoms with van der Waals surface area (Å²) in [5, 5.41) is 0.495. The number of amides is 2. The highest BCUT2D eigenvalue weighted by atomic mass is 35.5. The van der Waals surface area contributed by atoms with Crippen LogP contribution < -0.4 is 11.3 Å². The monoisotopic (exact) mass is 418 g/mol. The molecule has 0 aliphatic heterocycles. The Morgan fingerprint density at radius 3 is 2.59 bits per heavy atom. The lowest BCUT2D eigenvalue weighted by Crippen LogP contribution is -2.44. The highest BCUT2D eigenvalue weighted by Gasteiger charge is 2.29. The molecule has 0 unspecified atom stereocenters. The average Bonchev–Trinajstić information content (AvgIpc) is 2.67. The van der Waals surface area contributed by atoms with E-state index in [1.807, 2.05) is 18.2 Å². The van der Waals surface area contributed by atoms with Crippen LogP contribution in [0.5, 0.6) is 0 Å². The molecule has 2 amide bonds. The first-order valence-corrected chi connectivity index (χ1v) is 9.71. The maximum absolute atomic E-state index is 12.8. The van der Waals surface area contributed by atoms with Crippen molar-refractivity contribution < 1.29 is 14.3 Å². The van der Waals surface area contributed by atoms with Gasteiger partial charge < -0.3 is 9.64 Å². The van der Waals surface area contributed by atoms with E-state index >= 15 is 0 Å². The summed E-state index contributed by atoms with van der Waals surface area (Å²) < 4.78 is 5.54. The van der Waals surface area contributed by atoms with Crippen molar-refractivity contribution in [3.63, 3.8) is 0 Å². The zero-order valence-electron chi connectivity index (χ0n) is 16.9. The quantitative estimate of drug-likeness (QED) is 0.408. The number of carbonyl (C=O) groups is 2. The topological polar surface area (TPSA) is 97.5 Å². The number of rotatable bonds is 7. The zero-order chi connectivity index (χ0) is 21.4. The molecule has 29 heavy (non-hydrogen) atoms. The van der Waals surface area contributed by atoms with E-state index in [4.69, 9.17) is 22.2 Å². The molecule has 1 atom stereocenters. The summed E-state index contributed by atoms with van der Waals surface area (Å²) in [7, 11) is 0. The maximum atomic E-state index is 12.8. The Hall–Kier alpha value is -2.64. The molecule has 0 fully saturated rings. The summed E-state index contributed by atoms with van der Waals surface area (Å²) >= 11 is 6.09. The smallest absolute Gasteiger partial charge is 0.410 e. The lowest BCUT2D eigenvalue weighted by atomic mass is 9.97. The molecule has 0 radical (unpaired) electrons. The van der Waals surface area contributed by atoms with Crippen LogP contribution in [0.2, 0.25) is 5.02 Å². The Morgan fingerprint density at radius 1 is 1.24 bits per heavy atom. The van der Waals surface area contributed by atoms with E-state index in [9.17, 15) is 9.59 Å². The fourth-order valence-electron chi connectivity index (χ4n) is 2.76. The molecule has 0 saturated heterocycles. The molecule has 0 bridgehead atoms. The summed E-state index contributed by atoms with van der Waals surface area (Å²) in [6.07, 6.45) is 1.71. The van der Waals surface area contributed by atoms with Gasteiger partial charge in [-0.05, 0) is 50.6 Å². The lowest BCUT2D eigenvalue weighted by molar-refractivity contribution is -0.123. The molecule has 2 rings (SSSR count). The van der Waals surface area contributed by atoms with Crippen molar-refractivity contribution in [3.05, 3.63) is 64.9 Å². The average molecular weight is 419 g/mol. The van der Waals surface area contributed by atoms with Gasteiger partial charge in [0.15, 0.2) is 0 Å². The van der Waals surface area contributed by atoms with Gasteiger partial charge in [0.05, 0.1) is 5.92 Å². The molecule has 0 aliphatic rings. The molecule has 0 aliphatic carbocycles. The van der Waals surface area contributed by atoms with Gasteiger partial charge in [-0.25, -0.2) is 10.6 Å². The minimum absolute atomic E-state index is 0.0884. The van der Waals surface area contributed by atoms with Gasteiger partial charge in [-0.3, -0.25) is 15.2 Å². The highest BCUT2D eigenvalue weighted by molar-refractivity contribution is 6.30. The van der Waals surface area contributed by atoms with Gasteiger partial charge >= 0.3 is 6.09 Å². The second-order valence-corrected chi connectivity index (χ2v) is 8.05. The zero-order valence-corrected chi connectivity index (χ0v) is 17.6. The Labute approximate surface area is 176 Å². The fourth-order valence-corrected chi connectivity index (χ4v) is 2.96. The summed E-state index contributed by atoms with van der Waals surface area (Å²) in [6, 6.07) is 12.5. The lowest BCUT2D eigenvalue weighted by Gasteiger charge is -2.30. The number of hydrogen-bond acceptors (Lipinski definition) is 5. The van der Waals surface area contributed by atoms with Crippen LogP contribution in [-0.4, -0.2) is 40.6 Å². The summed E-state index contributed by atoms with van der Waals surface area (Å²) in [4.78, 5) is 31.1. The van der Waals surface area contributed by atoms with E-state index in [2.05, 4.69) is 10.4 Å². The number of carbonyl (C=O) groups excluding carboxylic acids is 2. The van der Waals surface area contributed by atoms with Crippen molar-refractivity contribution in [2.45, 2.75) is 38.7 Å². The van der Waals surface area contributed by atoms with Crippen LogP contribution in [-0.2, 0) is 16.0 Å². The van der Waals surface area contributed by atoms with Crippen LogP contribution >= 0.6 is 11.6 Å². The van der Waals surface area contributed by atoms with E-state index < -0.39 is 23.5 Å². The molecule has 0 spiro atoms. The van der Waals surface area contributed by atoms with Gasteiger partial charge in [-0.2, -0.15) is 0 Å². The first-order valence-electron chi connectivity index (χ1n) is 9.33. The third kappa shape index (κ3) is 7.36. The Balaban J connectivity index is 2.26. The molecular formula is C21H27ClN4O3. The van der Waals surface area contributed by atoms with Crippen LogP contribution in [0, 0.1) is 0 Å². The minimum atomic E-state index is -0.699. The number of aromatic nitrogens is 1. The molecule has 156 valence electrons. The van der Waals surface area contributed by atoms with Crippen LogP contribution in [0.25, 0.3) is 0 Å². The largest absolute Gasteiger partial charge is 0.444 e. The summed E-state index contributed by atoms with van der Waals surface area (Å²) in [5.41, 5.74) is 3.01. The van der Waals surface area contributed by atoms with E-state index in [-0.39, 0.29) is 6.54 Å². The highest BCUT2D eigenvalue weighted by Crippen LogP contribution is 2.22. The first-order chi connectivity index (χ1) is 13.7. The second kappa shape index (κ2) is 10.2. The molecule has 0 saturated carbocycles. The number of halogens is 1. The molecule has 3 N–H and O–H groups in total. The van der Waals surface area contributed by atoms with Crippen molar-refractivity contribution in [2.75, 3.05) is 13.1 Å². The number of ether oxygens (including phenoxy) is 1. The van der Waals surface area contributed by atoms with Gasteiger partial charge in [0.25, 0.3) is 0 Å². The number of nitrogens with one attached hydrogen (secondary N) is 1. The number of pyridine rings is 1. The number of hydrazine groups is 1. The molecule has 8 heteroatoms. The Morgan fingerprint density at radius 2 is 2.00 bits per heavy atom. The second-order valence-electron chi connectivity index (χ2n) is 7.61. The van der Waals surface area contributed by atoms with E-state index in [0.29, 0.717) is 23.6 Å². The number of nitrogens with zero attached hydrogens (tertiary/aromatic N) is 2. The standard InChI is InChI=1S/C21H27ClN4O3/c1-21(2,3)29-20(28)26(12-10-17-9-4-5-11-24-17)14-18(19(27)25-23)15-7-6-8-16(22)13-15/h4-9,11,13,18H,10,12,14,23H2,1-3H3,(H,25,27)/t18-/m1/s1. The van der Waals surface area contributed by atoms with E-state index in [1.165, 1.54) is 4.90 Å². The van der Waals surface area contributed by atoms with Crippen LogP contribution in [0.15, 0.2) is 48.7 Å². The third-order valence-electron chi connectivity index (χ3n) is 4.13. The SMILES string of the molecule is CC(C)(C)OC(=O)N(CCc1ccccn1)C[C@@H](C(=O)NN)c1cccc(Cl)c1. The Kier molecular flexibility index (Phi) is 7.99. The molecular weight excluding hydrogens is 392 g/mol. The Bertz CT molecular complexity index is 824. The van der Waals surface area contributed by atoms with Gasteiger partial charge in [-0.1, -0.05) is 29.8 Å². The van der Waals surface area contributed by atoms with Gasteiger partial charge in [0.1, 0.15) is 5.60 Å². The molecule has 2 aromatic rings. The third-order valence-corrected chi connectivity index (χ3v) is 4.36. The molecule has 1 aromatic carbocycles. The van der Waals surface area contributed by atoms with Crippen molar-refractivity contribution in [2.24, 2.45) is 5.84 Å². The normalized spacial score (nSPS) is 12.2. The van der Waals surface area contributed by atoms with Gasteiger partial charge in [-0.15, -0.1) is 0 Å². The number of benzene rings is 1. The first kappa shape index (κ1) is 22.6. The fraction of sp³-hybridized carbons (Fsp3) is 0.381. The van der Waals surface area contributed by atoms with Crippen LogP contribution in [0.1, 0.15) is 37.9 Å². The van der Waals surface area contributed by atoms with Crippen molar-refractivity contribution in [1.29, 1.82) is 0 Å². The molecule has 1 heterocycles. The van der Waals surface area contributed by atoms with E-state index in [0.717, 1.165) is 5.69 Å². The van der Waals surface area contributed by atoms with Crippen molar-refractivity contribution >= 4 is 23.6 Å². The summed E-state index contributed by atoms with van der Waals surface area (Å²) in [6.45, 7) is 5.81. The number of hydrogen-bond donors (Lipinski definition) is 2. The number of nitrogens with two attached hydrogens (primary N) is 1. The van der Waals surface area contributed by atoms with Gasteiger partial charge in [0, 0.05) is 36.4 Å². The predicted octanol–water partition coefficient (Wildman–Crippen LogP) is 3.29. The van der Waals surface area contributed by atoms with Crippen molar-refractivity contribution in [1.82, 2.24) is 15.3 Å². The van der Waals surface area contributed by atoms with E-state index in [1.54, 1.807) is 51.2 Å². The van der Waals surface area contributed by atoms with Gasteiger partial charge in [0.2, 0.25) is 5.91 Å². The van der Waals surface area contributed by atoms with Crippen LogP contribution in [0.3, 0.4) is 0 Å². The molecule has 1 aromatic heterocycles. The van der Waals surface area contributed by atoms with Crippen molar-refractivity contribution in [3.8, 4) is 0 Å². The predicted molar refractivity (Wildman–Crippen MR) is 112 cm³/mol. The summed E-state index contributed by atoms with van der Waals surface area (Å²) in [5.74, 6) is 4.27. The molecule has 7 nitrogen and oxygen atoms in total. The van der Waals surface area contributed by atoms with Crippen LogP contribution in [0.4, 0.5) is 4.79 Å². The minimum Gasteiger partial charge on any atom is -0.444 e. The maximum Gasteiger partial charge on any atom is 0.410 e.